The minimum atomic E-state index is -0.675. The highest BCUT2D eigenvalue weighted by Crippen LogP contribution is 2.32. The van der Waals surface area contributed by atoms with Gasteiger partial charge in [-0.1, -0.05) is 13.3 Å². The zero-order valence-electron chi connectivity index (χ0n) is 24.5. The van der Waals surface area contributed by atoms with Gasteiger partial charge in [-0.3, -0.25) is 24.8 Å². The molecule has 14 heteroatoms. The summed E-state index contributed by atoms with van der Waals surface area (Å²) in [4.78, 5) is 30.5. The van der Waals surface area contributed by atoms with Crippen LogP contribution in [-0.2, 0) is 17.8 Å². The first-order valence-corrected chi connectivity index (χ1v) is 14.5. The molecular weight excluding hydrogens is 542 g/mol. The number of piperazine rings is 1. The molecule has 3 atom stereocenters. The van der Waals surface area contributed by atoms with Crippen molar-refractivity contribution in [3.8, 4) is 5.75 Å². The summed E-state index contributed by atoms with van der Waals surface area (Å²) in [5.74, 6) is 1.25. The molecule has 42 heavy (non-hydrogen) atoms. The average Bonchev–Trinajstić information content (AvgIpc) is 3.69. The van der Waals surface area contributed by atoms with Gasteiger partial charge in [0.05, 0.1) is 33.6 Å². The van der Waals surface area contributed by atoms with Gasteiger partial charge in [0, 0.05) is 57.1 Å². The molecule has 0 saturated carbocycles. The molecule has 3 aromatic rings. The standard InChI is InChI=1S/C28H41N9O5/c1-4-5-19(6-8-38)31-26-25-22(32-27(33-26)34-28(40)42-3)13-30-37(25)17-23-24(41-2)10-18(12-29-23)14-36-16-20-11-21(36)15-35(20)7-9-39/h10,12-13,19-21,38-39H,4-9,11,14-17H2,1-3H3,(H2,31,32,33,34,40)/t19-,20-,21-/m0/s1. The number of likely N-dealkylation sites (tertiary alicyclic amines) is 2. The normalized spacial score (nSPS) is 19.4. The van der Waals surface area contributed by atoms with Crippen LogP contribution in [0.15, 0.2) is 18.5 Å². The van der Waals surface area contributed by atoms with Crippen molar-refractivity contribution < 1.29 is 24.5 Å². The van der Waals surface area contributed by atoms with Crippen molar-refractivity contribution in [1.29, 1.82) is 0 Å². The molecule has 0 unspecified atom stereocenters. The van der Waals surface area contributed by atoms with E-state index < -0.39 is 6.09 Å². The molecular formula is C28H41N9O5. The van der Waals surface area contributed by atoms with E-state index in [9.17, 15) is 15.0 Å². The lowest BCUT2D eigenvalue weighted by Crippen LogP contribution is -2.46. The number of aromatic nitrogens is 5. The smallest absolute Gasteiger partial charge is 0.413 e. The second-order valence-electron chi connectivity index (χ2n) is 10.9. The third-order valence-electron chi connectivity index (χ3n) is 8.09. The first-order chi connectivity index (χ1) is 20.5. The first kappa shape index (κ1) is 29.9. The van der Waals surface area contributed by atoms with E-state index in [0.29, 0.717) is 53.3 Å². The lowest BCUT2D eigenvalue weighted by molar-refractivity contribution is 0.105. The van der Waals surface area contributed by atoms with E-state index in [1.807, 2.05) is 12.3 Å². The zero-order valence-corrected chi connectivity index (χ0v) is 24.5. The van der Waals surface area contributed by atoms with E-state index in [0.717, 1.165) is 51.0 Å². The maximum absolute atomic E-state index is 11.9. The maximum Gasteiger partial charge on any atom is 0.413 e. The van der Waals surface area contributed by atoms with Gasteiger partial charge in [0.25, 0.3) is 0 Å². The lowest BCUT2D eigenvalue weighted by Gasteiger charge is -2.33. The maximum atomic E-state index is 11.9. The van der Waals surface area contributed by atoms with Gasteiger partial charge in [0.1, 0.15) is 22.5 Å². The van der Waals surface area contributed by atoms with Crippen molar-refractivity contribution >= 4 is 28.9 Å². The number of carbonyl (C=O) groups is 1. The number of β-amino-alcohol motifs (C(OH)–C–C–N with tert-alkyl or cyclic N) is 1. The Kier molecular flexibility index (Phi) is 9.67. The number of pyridine rings is 1. The first-order valence-electron chi connectivity index (χ1n) is 14.5. The molecule has 4 N–H and O–H groups in total. The number of hydrogen-bond donors (Lipinski definition) is 4. The van der Waals surface area contributed by atoms with E-state index in [-0.39, 0.29) is 25.2 Å². The van der Waals surface area contributed by atoms with Crippen molar-refractivity contribution in [2.24, 2.45) is 0 Å². The van der Waals surface area contributed by atoms with E-state index in [4.69, 9.17) is 14.5 Å². The van der Waals surface area contributed by atoms with E-state index in [1.54, 1.807) is 18.0 Å². The lowest BCUT2D eigenvalue weighted by atomic mass is 10.1. The molecule has 1 amide bonds. The molecule has 0 radical (unpaired) electrons. The van der Waals surface area contributed by atoms with E-state index >= 15 is 0 Å². The monoisotopic (exact) mass is 583 g/mol. The Bertz CT molecular complexity index is 1360. The molecule has 0 spiro atoms. The molecule has 0 aromatic carbocycles. The molecule has 14 nitrogen and oxygen atoms in total. The summed E-state index contributed by atoms with van der Waals surface area (Å²) in [6.07, 6.45) is 6.28. The number of nitrogens with one attached hydrogen (secondary N) is 2. The number of rotatable bonds is 14. The average molecular weight is 584 g/mol. The Balaban J connectivity index is 1.38. The highest BCUT2D eigenvalue weighted by molar-refractivity contribution is 5.89. The van der Waals surface area contributed by atoms with Gasteiger partial charge in [-0.05, 0) is 30.9 Å². The van der Waals surface area contributed by atoms with Crippen LogP contribution in [0.2, 0.25) is 0 Å². The Morgan fingerprint density at radius 1 is 1.10 bits per heavy atom. The van der Waals surface area contributed by atoms with E-state index in [2.05, 4.69) is 42.4 Å². The number of aliphatic hydroxyl groups excluding tert-OH is 2. The van der Waals surface area contributed by atoms with Crippen LogP contribution < -0.4 is 15.4 Å². The zero-order chi connectivity index (χ0) is 29.6. The fourth-order valence-corrected chi connectivity index (χ4v) is 6.10. The summed E-state index contributed by atoms with van der Waals surface area (Å²) in [5, 5.41) is 29.5. The highest BCUT2D eigenvalue weighted by Gasteiger charge is 2.42. The molecule has 5 heterocycles. The number of carbonyl (C=O) groups excluding carboxylic acids is 1. The van der Waals surface area contributed by atoms with Crippen LogP contribution in [0.1, 0.15) is 43.9 Å². The van der Waals surface area contributed by atoms with Crippen LogP contribution >= 0.6 is 0 Å². The van der Waals surface area contributed by atoms with Crippen LogP contribution in [-0.4, -0.2) is 116 Å². The quantitative estimate of drug-likeness (QED) is 0.217. The minimum Gasteiger partial charge on any atom is -0.495 e. The predicted molar refractivity (Wildman–Crippen MR) is 157 cm³/mol. The number of fused-ring (bicyclic) bond motifs is 3. The Labute approximate surface area is 245 Å². The second-order valence-corrected chi connectivity index (χ2v) is 10.9. The Hall–Kier alpha value is -3.59. The number of amides is 1. The fraction of sp³-hybridized carbons (Fsp3) is 0.607. The molecule has 5 rings (SSSR count). The van der Waals surface area contributed by atoms with Crippen molar-refractivity contribution in [1.82, 2.24) is 34.5 Å². The van der Waals surface area contributed by atoms with Crippen LogP contribution in [0.3, 0.4) is 0 Å². The summed E-state index contributed by atoms with van der Waals surface area (Å²) >= 11 is 0. The van der Waals surface area contributed by atoms with Crippen LogP contribution in [0.4, 0.5) is 16.6 Å². The summed E-state index contributed by atoms with van der Waals surface area (Å²) in [7, 11) is 2.91. The third-order valence-corrected chi connectivity index (χ3v) is 8.09. The van der Waals surface area contributed by atoms with Crippen molar-refractivity contribution in [3.63, 3.8) is 0 Å². The van der Waals surface area contributed by atoms with Gasteiger partial charge in [-0.25, -0.2) is 9.78 Å². The summed E-state index contributed by atoms with van der Waals surface area (Å²) in [6, 6.07) is 3.01. The Morgan fingerprint density at radius 2 is 1.90 bits per heavy atom. The number of anilines is 2. The molecule has 2 aliphatic heterocycles. The third kappa shape index (κ3) is 6.56. The van der Waals surface area contributed by atoms with Crippen LogP contribution in [0.5, 0.6) is 5.75 Å². The molecule has 3 aromatic heterocycles. The van der Waals surface area contributed by atoms with Crippen LogP contribution in [0, 0.1) is 0 Å². The Morgan fingerprint density at radius 3 is 2.60 bits per heavy atom. The fourth-order valence-electron chi connectivity index (χ4n) is 6.10. The van der Waals surface area contributed by atoms with Gasteiger partial charge < -0.3 is 25.0 Å². The molecule has 2 fully saturated rings. The minimum absolute atomic E-state index is 0.0315. The topological polar surface area (TPSA) is 163 Å². The molecule has 2 saturated heterocycles. The van der Waals surface area contributed by atoms with Gasteiger partial charge in [-0.2, -0.15) is 10.1 Å². The number of aliphatic hydroxyl groups is 2. The number of methoxy groups -OCH3 is 2. The van der Waals surface area contributed by atoms with Crippen molar-refractivity contribution in [2.75, 3.05) is 57.7 Å². The SMILES string of the molecule is CCC[C@@H](CCO)Nc1nc(NC(=O)OC)nc2cnn(Cc3ncc(CN4C[C@@H]5C[C@H]4CN5CCO)cc3OC)c12. The predicted octanol–water partition coefficient (Wildman–Crippen LogP) is 1.67. The number of nitrogens with zero attached hydrogens (tertiary/aromatic N) is 7. The van der Waals surface area contributed by atoms with Gasteiger partial charge in [0.2, 0.25) is 5.95 Å². The number of hydrogen-bond acceptors (Lipinski definition) is 12. The van der Waals surface area contributed by atoms with Gasteiger partial charge in [-0.15, -0.1) is 0 Å². The van der Waals surface area contributed by atoms with Crippen LogP contribution in [0.25, 0.3) is 11.0 Å². The largest absolute Gasteiger partial charge is 0.495 e. The number of ether oxygens (including phenoxy) is 2. The van der Waals surface area contributed by atoms with Crippen molar-refractivity contribution in [2.45, 2.75) is 63.8 Å². The molecule has 0 aliphatic carbocycles. The summed E-state index contributed by atoms with van der Waals surface area (Å²) < 4.78 is 12.2. The molecule has 2 bridgehead atoms. The molecule has 2 aliphatic rings. The van der Waals surface area contributed by atoms with E-state index in [1.165, 1.54) is 7.11 Å². The molecule has 228 valence electrons. The van der Waals surface area contributed by atoms with Crippen molar-refractivity contribution in [3.05, 3.63) is 29.7 Å². The van der Waals surface area contributed by atoms with Gasteiger partial charge >= 0.3 is 6.09 Å². The highest BCUT2D eigenvalue weighted by atomic mass is 16.5. The van der Waals surface area contributed by atoms with Gasteiger partial charge in [0.15, 0.2) is 5.82 Å². The summed E-state index contributed by atoms with van der Waals surface area (Å²) in [5.41, 5.74) is 2.98. The summed E-state index contributed by atoms with van der Waals surface area (Å²) in [6.45, 7) is 6.16. The second kappa shape index (κ2) is 13.6.